The molecule has 0 radical (unpaired) electrons. The number of benzene rings is 3. The minimum atomic E-state index is -3.87. The average Bonchev–Trinajstić information content (AvgIpc) is 2.82. The molecular weight excluding hydrogens is 426 g/mol. The van der Waals surface area contributed by atoms with E-state index in [9.17, 15) is 8.42 Å². The summed E-state index contributed by atoms with van der Waals surface area (Å²) >= 11 is 0. The molecule has 3 aromatic carbocycles. The van der Waals surface area contributed by atoms with Gasteiger partial charge < -0.3 is 9.47 Å². The van der Waals surface area contributed by atoms with E-state index in [2.05, 4.69) is 14.7 Å². The van der Waals surface area contributed by atoms with Gasteiger partial charge in [-0.25, -0.2) is 18.4 Å². The number of para-hydroxylation sites is 3. The van der Waals surface area contributed by atoms with Gasteiger partial charge in [0.05, 0.1) is 15.9 Å². The Morgan fingerprint density at radius 3 is 2.09 bits per heavy atom. The number of rotatable bonds is 9. The number of fused-ring (bicyclic) bond motifs is 1. The molecule has 164 valence electrons. The number of aromatic nitrogens is 2. The number of sulfonamides is 1. The molecule has 1 N–H and O–H groups in total. The van der Waals surface area contributed by atoms with Crippen molar-refractivity contribution in [3.05, 3.63) is 84.4 Å². The predicted octanol–water partition coefficient (Wildman–Crippen LogP) is 4.45. The first kappa shape index (κ1) is 21.6. The number of aryl methyl sites for hydroxylation is 1. The second kappa shape index (κ2) is 9.65. The van der Waals surface area contributed by atoms with E-state index in [1.165, 1.54) is 0 Å². The monoisotopic (exact) mass is 449 g/mol. The van der Waals surface area contributed by atoms with Gasteiger partial charge in [-0.2, -0.15) is 0 Å². The van der Waals surface area contributed by atoms with Crippen LogP contribution in [0.2, 0.25) is 0 Å². The molecule has 32 heavy (non-hydrogen) atoms. The van der Waals surface area contributed by atoms with Crippen LogP contribution in [-0.4, -0.2) is 31.6 Å². The standard InChI is InChI=1S/C24H23N3O4S/c1-2-18-12-14-20(15-13-18)32(28,29)27-23-24(26-22-11-7-6-10-21(22)25-23)31-17-16-30-19-8-4-3-5-9-19/h3-15H,2,16-17H2,1H3,(H,25,27). The zero-order valence-electron chi connectivity index (χ0n) is 17.6. The minimum absolute atomic E-state index is 0.0305. The van der Waals surface area contributed by atoms with Crippen LogP contribution in [0, 0.1) is 0 Å². The lowest BCUT2D eigenvalue weighted by atomic mass is 10.2. The summed E-state index contributed by atoms with van der Waals surface area (Å²) in [5.74, 6) is 0.842. The molecular formula is C24H23N3O4S. The minimum Gasteiger partial charge on any atom is -0.490 e. The molecule has 0 aliphatic carbocycles. The summed E-state index contributed by atoms with van der Waals surface area (Å²) in [5, 5.41) is 0. The molecule has 8 heteroatoms. The summed E-state index contributed by atoms with van der Waals surface area (Å²) in [6.45, 7) is 2.45. The fourth-order valence-corrected chi connectivity index (χ4v) is 4.06. The van der Waals surface area contributed by atoms with Gasteiger partial charge in [0.2, 0.25) is 5.82 Å². The largest absolute Gasteiger partial charge is 0.490 e. The molecule has 7 nitrogen and oxygen atoms in total. The maximum atomic E-state index is 12.9. The van der Waals surface area contributed by atoms with Crippen LogP contribution in [0.25, 0.3) is 11.0 Å². The normalized spacial score (nSPS) is 11.3. The van der Waals surface area contributed by atoms with E-state index in [4.69, 9.17) is 9.47 Å². The van der Waals surface area contributed by atoms with Crippen LogP contribution in [-0.2, 0) is 16.4 Å². The molecule has 1 heterocycles. The summed E-state index contributed by atoms with van der Waals surface area (Å²) in [6, 6.07) is 23.3. The zero-order chi connectivity index (χ0) is 22.4. The van der Waals surface area contributed by atoms with Crippen LogP contribution < -0.4 is 14.2 Å². The Hall–Kier alpha value is -3.65. The third-order valence-electron chi connectivity index (χ3n) is 4.75. The highest BCUT2D eigenvalue weighted by molar-refractivity contribution is 7.92. The number of ether oxygens (including phenoxy) is 2. The van der Waals surface area contributed by atoms with Crippen molar-refractivity contribution in [1.82, 2.24) is 9.97 Å². The van der Waals surface area contributed by atoms with Gasteiger partial charge in [0, 0.05) is 0 Å². The molecule has 0 saturated heterocycles. The van der Waals surface area contributed by atoms with E-state index in [1.807, 2.05) is 49.4 Å². The lowest BCUT2D eigenvalue weighted by Crippen LogP contribution is -2.17. The number of anilines is 1. The van der Waals surface area contributed by atoms with E-state index in [0.29, 0.717) is 11.0 Å². The highest BCUT2D eigenvalue weighted by Gasteiger charge is 2.19. The highest BCUT2D eigenvalue weighted by Crippen LogP contribution is 2.26. The first-order valence-corrected chi connectivity index (χ1v) is 11.7. The lowest BCUT2D eigenvalue weighted by molar-refractivity contribution is 0.213. The third-order valence-corrected chi connectivity index (χ3v) is 6.10. The van der Waals surface area contributed by atoms with Gasteiger partial charge in [-0.05, 0) is 48.4 Å². The summed E-state index contributed by atoms with van der Waals surface area (Å²) < 4.78 is 39.8. The van der Waals surface area contributed by atoms with Gasteiger partial charge in [0.1, 0.15) is 19.0 Å². The van der Waals surface area contributed by atoms with Crippen LogP contribution in [0.4, 0.5) is 5.82 Å². The molecule has 0 spiro atoms. The number of nitrogens with one attached hydrogen (secondary N) is 1. The Morgan fingerprint density at radius 1 is 0.781 bits per heavy atom. The van der Waals surface area contributed by atoms with Gasteiger partial charge >= 0.3 is 0 Å². The first-order chi connectivity index (χ1) is 15.5. The fourth-order valence-electron chi connectivity index (χ4n) is 3.06. The van der Waals surface area contributed by atoms with Gasteiger partial charge in [-0.3, -0.25) is 4.72 Å². The van der Waals surface area contributed by atoms with E-state index >= 15 is 0 Å². The van der Waals surface area contributed by atoms with E-state index in [0.717, 1.165) is 17.7 Å². The maximum Gasteiger partial charge on any atom is 0.263 e. The molecule has 1 aromatic heterocycles. The molecule has 4 rings (SSSR count). The Labute approximate surface area is 187 Å². The fraction of sp³-hybridized carbons (Fsp3) is 0.167. The van der Waals surface area contributed by atoms with Gasteiger partial charge in [0.25, 0.3) is 15.9 Å². The summed E-state index contributed by atoms with van der Waals surface area (Å²) in [5.41, 5.74) is 2.21. The Kier molecular flexibility index (Phi) is 6.51. The first-order valence-electron chi connectivity index (χ1n) is 10.2. The maximum absolute atomic E-state index is 12.9. The van der Waals surface area contributed by atoms with Crippen molar-refractivity contribution >= 4 is 26.9 Å². The van der Waals surface area contributed by atoms with E-state index in [-0.39, 0.29) is 29.8 Å². The van der Waals surface area contributed by atoms with Crippen LogP contribution in [0.3, 0.4) is 0 Å². The molecule has 0 atom stereocenters. The molecule has 4 aromatic rings. The Balaban J connectivity index is 1.56. The smallest absolute Gasteiger partial charge is 0.263 e. The quantitative estimate of drug-likeness (QED) is 0.380. The summed E-state index contributed by atoms with van der Waals surface area (Å²) in [6.07, 6.45) is 0.826. The molecule has 0 unspecified atom stereocenters. The summed E-state index contributed by atoms with van der Waals surface area (Å²) in [7, 11) is -3.87. The van der Waals surface area contributed by atoms with E-state index in [1.54, 1.807) is 36.4 Å². The van der Waals surface area contributed by atoms with Gasteiger partial charge in [-0.1, -0.05) is 49.4 Å². The lowest BCUT2D eigenvalue weighted by Gasteiger charge is -2.13. The van der Waals surface area contributed by atoms with Crippen molar-refractivity contribution in [3.63, 3.8) is 0 Å². The molecule has 0 aliphatic rings. The number of hydrogen-bond acceptors (Lipinski definition) is 6. The SMILES string of the molecule is CCc1ccc(S(=O)(=O)Nc2nc3ccccc3nc2OCCOc2ccccc2)cc1. The van der Waals surface area contributed by atoms with Gasteiger partial charge in [0.15, 0.2) is 0 Å². The van der Waals surface area contributed by atoms with Crippen molar-refractivity contribution in [1.29, 1.82) is 0 Å². The third kappa shape index (κ3) is 5.15. The Morgan fingerprint density at radius 2 is 1.41 bits per heavy atom. The van der Waals surface area contributed by atoms with Crippen molar-refractivity contribution < 1.29 is 17.9 Å². The van der Waals surface area contributed by atoms with Crippen LogP contribution in [0.1, 0.15) is 12.5 Å². The van der Waals surface area contributed by atoms with Gasteiger partial charge in [-0.15, -0.1) is 0 Å². The van der Waals surface area contributed by atoms with E-state index < -0.39 is 10.0 Å². The number of hydrogen-bond donors (Lipinski definition) is 1. The Bertz CT molecular complexity index is 1290. The summed E-state index contributed by atoms with van der Waals surface area (Å²) in [4.78, 5) is 9.04. The number of nitrogens with zero attached hydrogens (tertiary/aromatic N) is 2. The topological polar surface area (TPSA) is 90.4 Å². The molecule has 0 bridgehead atoms. The average molecular weight is 450 g/mol. The van der Waals surface area contributed by atoms with Crippen molar-refractivity contribution in [2.45, 2.75) is 18.2 Å². The van der Waals surface area contributed by atoms with Crippen LogP contribution in [0.15, 0.2) is 83.8 Å². The zero-order valence-corrected chi connectivity index (χ0v) is 18.4. The van der Waals surface area contributed by atoms with Crippen LogP contribution >= 0.6 is 0 Å². The van der Waals surface area contributed by atoms with Crippen molar-refractivity contribution in [2.75, 3.05) is 17.9 Å². The second-order valence-corrected chi connectivity index (χ2v) is 8.66. The van der Waals surface area contributed by atoms with Crippen molar-refractivity contribution in [3.8, 4) is 11.6 Å². The molecule has 0 fully saturated rings. The predicted molar refractivity (Wildman–Crippen MR) is 124 cm³/mol. The molecule has 0 amide bonds. The van der Waals surface area contributed by atoms with Crippen LogP contribution in [0.5, 0.6) is 11.6 Å². The highest BCUT2D eigenvalue weighted by atomic mass is 32.2. The second-order valence-electron chi connectivity index (χ2n) is 6.98. The van der Waals surface area contributed by atoms with Crippen molar-refractivity contribution in [2.24, 2.45) is 0 Å². The molecule has 0 aliphatic heterocycles. The molecule has 0 saturated carbocycles.